The molecule has 2 aromatic rings. The number of phenols is 1. The first kappa shape index (κ1) is 15.4. The summed E-state index contributed by atoms with van der Waals surface area (Å²) < 4.78 is 0. The van der Waals surface area contributed by atoms with E-state index in [2.05, 4.69) is 10.5 Å². The van der Waals surface area contributed by atoms with Crippen LogP contribution in [-0.4, -0.2) is 17.2 Å². The molecule has 108 valence electrons. The Morgan fingerprint density at radius 1 is 1.29 bits per heavy atom. The maximum absolute atomic E-state index is 11.9. The number of hydrazone groups is 1. The van der Waals surface area contributed by atoms with Gasteiger partial charge in [0.15, 0.2) is 0 Å². The molecule has 0 aliphatic heterocycles. The molecule has 2 aromatic carbocycles. The molecular formula is C15H12Cl2N2O2. The largest absolute Gasteiger partial charge is 0.507 e. The number of hydrogen-bond donors (Lipinski definition) is 2. The van der Waals surface area contributed by atoms with E-state index >= 15 is 0 Å². The predicted molar refractivity (Wildman–Crippen MR) is 84.4 cm³/mol. The highest BCUT2D eigenvalue weighted by Gasteiger charge is 2.11. The zero-order chi connectivity index (χ0) is 15.4. The summed E-state index contributed by atoms with van der Waals surface area (Å²) in [5.41, 5.74) is 3.74. The molecule has 0 atom stereocenters. The van der Waals surface area contributed by atoms with E-state index in [0.717, 1.165) is 0 Å². The summed E-state index contributed by atoms with van der Waals surface area (Å²) in [6, 6.07) is 9.85. The van der Waals surface area contributed by atoms with Crippen LogP contribution in [0, 0.1) is 6.92 Å². The average Bonchev–Trinajstić information content (AvgIpc) is 2.44. The van der Waals surface area contributed by atoms with Crippen molar-refractivity contribution in [3.05, 3.63) is 63.1 Å². The molecule has 0 aromatic heterocycles. The second kappa shape index (κ2) is 6.61. The fourth-order valence-electron chi connectivity index (χ4n) is 1.67. The minimum absolute atomic E-state index is 0.0604. The van der Waals surface area contributed by atoms with Gasteiger partial charge < -0.3 is 5.11 Å². The predicted octanol–water partition coefficient (Wildman–Crippen LogP) is 3.77. The summed E-state index contributed by atoms with van der Waals surface area (Å²) in [5, 5.41) is 14.6. The fraction of sp³-hybridized carbons (Fsp3) is 0.0667. The van der Waals surface area contributed by atoms with Gasteiger partial charge in [0.1, 0.15) is 5.75 Å². The van der Waals surface area contributed by atoms with Gasteiger partial charge in [0.2, 0.25) is 0 Å². The highest BCUT2D eigenvalue weighted by atomic mass is 35.5. The van der Waals surface area contributed by atoms with Gasteiger partial charge in [0.05, 0.1) is 16.8 Å². The number of benzene rings is 2. The molecule has 0 heterocycles. The molecule has 4 nitrogen and oxygen atoms in total. The number of halogens is 2. The zero-order valence-corrected chi connectivity index (χ0v) is 12.6. The summed E-state index contributed by atoms with van der Waals surface area (Å²) in [6.07, 6.45) is 1.41. The molecule has 2 N–H and O–H groups in total. The van der Waals surface area contributed by atoms with Crippen molar-refractivity contribution < 1.29 is 9.90 Å². The molecule has 21 heavy (non-hydrogen) atoms. The Morgan fingerprint density at radius 3 is 2.76 bits per heavy atom. The number of rotatable bonds is 3. The SMILES string of the molecule is Cc1cccc(C(=O)N/N=C/c2ccc(Cl)cc2Cl)c1O. The van der Waals surface area contributed by atoms with Gasteiger partial charge in [-0.05, 0) is 30.7 Å². The van der Waals surface area contributed by atoms with Crippen molar-refractivity contribution in [2.24, 2.45) is 5.10 Å². The van der Waals surface area contributed by atoms with Crippen LogP contribution in [0.1, 0.15) is 21.5 Å². The number of amides is 1. The van der Waals surface area contributed by atoms with Crippen LogP contribution in [0.2, 0.25) is 10.0 Å². The Bertz CT molecular complexity index is 715. The number of phenolic OH excluding ortho intramolecular Hbond substituents is 1. The zero-order valence-electron chi connectivity index (χ0n) is 11.1. The molecular weight excluding hydrogens is 311 g/mol. The average molecular weight is 323 g/mol. The lowest BCUT2D eigenvalue weighted by Gasteiger charge is -2.05. The van der Waals surface area contributed by atoms with Crippen molar-refractivity contribution in [3.8, 4) is 5.75 Å². The molecule has 1 amide bonds. The van der Waals surface area contributed by atoms with Crippen molar-refractivity contribution >= 4 is 35.3 Å². The third-order valence-corrected chi connectivity index (χ3v) is 3.38. The van der Waals surface area contributed by atoms with Crippen LogP contribution in [0.3, 0.4) is 0 Å². The van der Waals surface area contributed by atoms with Crippen LogP contribution in [0.4, 0.5) is 0 Å². The lowest BCUT2D eigenvalue weighted by Crippen LogP contribution is -2.17. The smallest absolute Gasteiger partial charge is 0.275 e. The number of aromatic hydroxyl groups is 1. The standard InChI is InChI=1S/C15H12Cl2N2O2/c1-9-3-2-4-12(14(9)20)15(21)19-18-8-10-5-6-11(16)7-13(10)17/h2-8,20H,1H3,(H,19,21)/b18-8+. The number of hydrogen-bond acceptors (Lipinski definition) is 3. The number of carbonyl (C=O) groups excluding carboxylic acids is 1. The molecule has 0 aliphatic rings. The Kier molecular flexibility index (Phi) is 4.83. The maximum Gasteiger partial charge on any atom is 0.275 e. The van der Waals surface area contributed by atoms with Crippen LogP contribution in [-0.2, 0) is 0 Å². The van der Waals surface area contributed by atoms with Gasteiger partial charge in [0.25, 0.3) is 5.91 Å². The van der Waals surface area contributed by atoms with Crippen LogP contribution in [0.5, 0.6) is 5.75 Å². The molecule has 0 fully saturated rings. The first-order valence-corrected chi connectivity index (χ1v) is 6.81. The molecule has 0 aliphatic carbocycles. The van der Waals surface area contributed by atoms with E-state index in [1.807, 2.05) is 0 Å². The van der Waals surface area contributed by atoms with Gasteiger partial charge in [-0.15, -0.1) is 0 Å². The van der Waals surface area contributed by atoms with E-state index in [9.17, 15) is 9.90 Å². The minimum atomic E-state index is -0.502. The van der Waals surface area contributed by atoms with Crippen molar-refractivity contribution in [2.75, 3.05) is 0 Å². The highest BCUT2D eigenvalue weighted by Crippen LogP contribution is 2.21. The number of carbonyl (C=O) groups is 1. The second-order valence-electron chi connectivity index (χ2n) is 4.34. The Hall–Kier alpha value is -2.04. The van der Waals surface area contributed by atoms with Gasteiger partial charge in [0, 0.05) is 10.6 Å². The number of nitrogens with zero attached hydrogens (tertiary/aromatic N) is 1. The van der Waals surface area contributed by atoms with E-state index in [1.165, 1.54) is 12.3 Å². The normalized spacial score (nSPS) is 10.8. The van der Waals surface area contributed by atoms with E-state index in [0.29, 0.717) is 21.2 Å². The molecule has 6 heteroatoms. The van der Waals surface area contributed by atoms with Crippen molar-refractivity contribution in [3.63, 3.8) is 0 Å². The van der Waals surface area contributed by atoms with Gasteiger partial charge in [-0.25, -0.2) is 5.43 Å². The lowest BCUT2D eigenvalue weighted by molar-refractivity contribution is 0.0952. The maximum atomic E-state index is 11.9. The van der Waals surface area contributed by atoms with E-state index in [4.69, 9.17) is 23.2 Å². The van der Waals surface area contributed by atoms with Gasteiger partial charge in [-0.2, -0.15) is 5.10 Å². The van der Waals surface area contributed by atoms with Crippen molar-refractivity contribution in [1.82, 2.24) is 5.43 Å². The Labute approximate surface area is 132 Å². The summed E-state index contributed by atoms with van der Waals surface area (Å²) >= 11 is 11.8. The first-order valence-electron chi connectivity index (χ1n) is 6.06. The topological polar surface area (TPSA) is 61.7 Å². The summed E-state index contributed by atoms with van der Waals surface area (Å²) in [7, 11) is 0. The van der Waals surface area contributed by atoms with Gasteiger partial charge in [-0.1, -0.05) is 41.4 Å². The summed E-state index contributed by atoms with van der Waals surface area (Å²) in [4.78, 5) is 11.9. The van der Waals surface area contributed by atoms with Gasteiger partial charge >= 0.3 is 0 Å². The van der Waals surface area contributed by atoms with Crippen molar-refractivity contribution in [2.45, 2.75) is 6.92 Å². The molecule has 2 rings (SSSR count). The van der Waals surface area contributed by atoms with E-state index in [-0.39, 0.29) is 11.3 Å². The third kappa shape index (κ3) is 3.74. The first-order chi connectivity index (χ1) is 9.99. The van der Waals surface area contributed by atoms with Gasteiger partial charge in [-0.3, -0.25) is 4.79 Å². The third-order valence-electron chi connectivity index (χ3n) is 2.81. The van der Waals surface area contributed by atoms with E-state index < -0.39 is 5.91 Å². The number of aryl methyl sites for hydroxylation is 1. The lowest BCUT2D eigenvalue weighted by atomic mass is 10.1. The molecule has 0 radical (unpaired) electrons. The van der Waals surface area contributed by atoms with Crippen LogP contribution < -0.4 is 5.43 Å². The molecule has 0 bridgehead atoms. The highest BCUT2D eigenvalue weighted by molar-refractivity contribution is 6.36. The molecule has 0 saturated heterocycles. The molecule has 0 saturated carbocycles. The summed E-state index contributed by atoms with van der Waals surface area (Å²) in [5.74, 6) is -0.563. The number of para-hydroxylation sites is 1. The van der Waals surface area contributed by atoms with Crippen LogP contribution in [0.15, 0.2) is 41.5 Å². The minimum Gasteiger partial charge on any atom is -0.507 e. The second-order valence-corrected chi connectivity index (χ2v) is 5.18. The fourth-order valence-corrected chi connectivity index (χ4v) is 2.13. The Balaban J connectivity index is 2.10. The monoisotopic (exact) mass is 322 g/mol. The Morgan fingerprint density at radius 2 is 2.05 bits per heavy atom. The molecule has 0 unspecified atom stereocenters. The summed E-state index contributed by atoms with van der Waals surface area (Å²) in [6.45, 7) is 1.71. The number of nitrogens with one attached hydrogen (secondary N) is 1. The van der Waals surface area contributed by atoms with Crippen LogP contribution in [0.25, 0.3) is 0 Å². The van der Waals surface area contributed by atoms with Crippen molar-refractivity contribution in [1.29, 1.82) is 0 Å². The quantitative estimate of drug-likeness (QED) is 0.667. The van der Waals surface area contributed by atoms with E-state index in [1.54, 1.807) is 37.3 Å². The molecule has 0 spiro atoms. The van der Waals surface area contributed by atoms with Crippen LogP contribution >= 0.6 is 23.2 Å².